The van der Waals surface area contributed by atoms with E-state index in [2.05, 4.69) is 4.72 Å². The van der Waals surface area contributed by atoms with E-state index < -0.39 is 22.2 Å². The lowest BCUT2D eigenvalue weighted by molar-refractivity contribution is 0.0420. The van der Waals surface area contributed by atoms with Crippen LogP contribution in [0.1, 0.15) is 40.0 Å². The van der Waals surface area contributed by atoms with Gasteiger partial charge in [0, 0.05) is 6.04 Å². The zero-order valence-corrected chi connectivity index (χ0v) is 11.5. The average Bonchev–Trinajstić information content (AvgIpc) is 2.97. The normalized spacial score (nSPS) is 21.2. The fourth-order valence-electron chi connectivity index (χ4n) is 1.49. The molecule has 3 N–H and O–H groups in total. The summed E-state index contributed by atoms with van der Waals surface area (Å²) in [6.45, 7) is 5.34. The molecule has 0 unspecified atom stereocenters. The third kappa shape index (κ3) is 4.54. The lowest BCUT2D eigenvalue weighted by Crippen LogP contribution is -2.43. The number of aliphatic hydroxyl groups is 2. The van der Waals surface area contributed by atoms with E-state index in [1.165, 1.54) is 0 Å². The Hall–Kier alpha value is -0.170. The molecule has 1 saturated carbocycles. The molecule has 1 fully saturated rings. The van der Waals surface area contributed by atoms with Crippen LogP contribution in [0.2, 0.25) is 0 Å². The van der Waals surface area contributed by atoms with Crippen molar-refractivity contribution in [3.05, 3.63) is 0 Å². The van der Waals surface area contributed by atoms with Crippen LogP contribution >= 0.6 is 0 Å². The van der Waals surface area contributed by atoms with Gasteiger partial charge in [0.2, 0.25) is 10.0 Å². The van der Waals surface area contributed by atoms with Gasteiger partial charge in [-0.2, -0.15) is 0 Å². The number of hydrogen-bond acceptors (Lipinski definition) is 4. The summed E-state index contributed by atoms with van der Waals surface area (Å²) in [5.41, 5.74) is -0.321. The summed E-state index contributed by atoms with van der Waals surface area (Å²) in [5.74, 6) is 0. The first-order chi connectivity index (χ1) is 7.66. The average molecular weight is 265 g/mol. The largest absolute Gasteiger partial charge is 0.395 e. The van der Waals surface area contributed by atoms with E-state index in [9.17, 15) is 13.5 Å². The number of aliphatic hydroxyl groups excluding tert-OH is 2. The van der Waals surface area contributed by atoms with Gasteiger partial charge < -0.3 is 10.2 Å². The van der Waals surface area contributed by atoms with E-state index in [1.54, 1.807) is 0 Å². The van der Waals surface area contributed by atoms with Gasteiger partial charge in [0.25, 0.3) is 0 Å². The van der Waals surface area contributed by atoms with E-state index in [-0.39, 0.29) is 23.7 Å². The molecule has 0 heterocycles. The molecule has 1 aliphatic rings. The number of sulfonamides is 1. The van der Waals surface area contributed by atoms with Crippen LogP contribution in [0.15, 0.2) is 0 Å². The highest BCUT2D eigenvalue weighted by Gasteiger charge is 2.37. The highest BCUT2D eigenvalue weighted by Crippen LogP contribution is 2.28. The first-order valence-corrected chi connectivity index (χ1v) is 7.51. The second-order valence-electron chi connectivity index (χ2n) is 5.86. The molecule has 0 aliphatic heterocycles. The van der Waals surface area contributed by atoms with Crippen molar-refractivity contribution >= 4 is 10.0 Å². The summed E-state index contributed by atoms with van der Waals surface area (Å²) >= 11 is 0. The van der Waals surface area contributed by atoms with E-state index in [4.69, 9.17) is 5.11 Å². The Morgan fingerprint density at radius 2 is 1.88 bits per heavy atom. The number of hydrogen-bond donors (Lipinski definition) is 3. The summed E-state index contributed by atoms with van der Waals surface area (Å²) in [5, 5.41) is 18.8. The van der Waals surface area contributed by atoms with Crippen molar-refractivity contribution in [2.45, 2.75) is 57.4 Å². The van der Waals surface area contributed by atoms with Crippen molar-refractivity contribution in [1.29, 1.82) is 0 Å². The van der Waals surface area contributed by atoms with Crippen molar-refractivity contribution in [2.75, 3.05) is 6.61 Å². The molecule has 0 aromatic rings. The molecule has 102 valence electrons. The Labute approximate surface area is 103 Å². The fraction of sp³-hybridized carbons (Fsp3) is 1.00. The lowest BCUT2D eigenvalue weighted by Gasteiger charge is -2.29. The Morgan fingerprint density at radius 1 is 1.35 bits per heavy atom. The number of nitrogens with one attached hydrogen (secondary N) is 1. The Morgan fingerprint density at radius 3 is 2.24 bits per heavy atom. The van der Waals surface area contributed by atoms with Crippen LogP contribution in [0.5, 0.6) is 0 Å². The van der Waals surface area contributed by atoms with Gasteiger partial charge in [0.15, 0.2) is 0 Å². The van der Waals surface area contributed by atoms with E-state index in [0.29, 0.717) is 12.8 Å². The molecular weight excluding hydrogens is 242 g/mol. The molecule has 1 rings (SSSR count). The zero-order chi connectivity index (χ0) is 13.3. The second-order valence-corrected chi connectivity index (χ2v) is 7.85. The van der Waals surface area contributed by atoms with Crippen molar-refractivity contribution < 1.29 is 18.6 Å². The minimum Gasteiger partial charge on any atom is -0.395 e. The molecule has 0 aromatic heterocycles. The first-order valence-electron chi connectivity index (χ1n) is 5.97. The van der Waals surface area contributed by atoms with Crippen LogP contribution < -0.4 is 4.72 Å². The van der Waals surface area contributed by atoms with E-state index >= 15 is 0 Å². The predicted octanol–water partition coefficient (Wildman–Crippen LogP) is 0.226. The van der Waals surface area contributed by atoms with Gasteiger partial charge in [-0.25, -0.2) is 13.1 Å². The summed E-state index contributed by atoms with van der Waals surface area (Å²) in [7, 11) is -3.31. The van der Waals surface area contributed by atoms with Crippen LogP contribution in [0.3, 0.4) is 0 Å². The van der Waals surface area contributed by atoms with Gasteiger partial charge in [0.05, 0.1) is 18.0 Å². The van der Waals surface area contributed by atoms with E-state index in [1.807, 2.05) is 20.8 Å². The van der Waals surface area contributed by atoms with Crippen LogP contribution in [0.4, 0.5) is 0 Å². The van der Waals surface area contributed by atoms with Gasteiger partial charge in [-0.15, -0.1) is 0 Å². The predicted molar refractivity (Wildman–Crippen MR) is 66.0 cm³/mol. The Balaban J connectivity index is 2.54. The molecule has 2 atom stereocenters. The maximum Gasteiger partial charge on any atom is 0.214 e. The van der Waals surface area contributed by atoms with Crippen molar-refractivity contribution in [1.82, 2.24) is 4.72 Å². The summed E-state index contributed by atoms with van der Waals surface area (Å²) in [4.78, 5) is 0. The third-order valence-electron chi connectivity index (χ3n) is 3.02. The molecular formula is C11H23NO4S. The van der Waals surface area contributed by atoms with Crippen LogP contribution in [0, 0.1) is 5.41 Å². The Kier molecular flexibility index (Phi) is 4.57. The first kappa shape index (κ1) is 14.9. The SMILES string of the molecule is CC(C)(C)[C@H](O)C[C@@H](CO)NS(=O)(=O)C1CC1. The highest BCUT2D eigenvalue weighted by atomic mass is 32.2. The van der Waals surface area contributed by atoms with Crippen LogP contribution in [-0.2, 0) is 10.0 Å². The molecule has 1 aliphatic carbocycles. The molecule has 0 bridgehead atoms. The fourth-order valence-corrected chi connectivity index (χ4v) is 3.07. The van der Waals surface area contributed by atoms with Gasteiger partial charge in [0.1, 0.15) is 0 Å². The molecule has 0 aromatic carbocycles. The summed E-state index contributed by atoms with van der Waals surface area (Å²) in [6.07, 6.45) is 0.956. The minimum atomic E-state index is -3.31. The van der Waals surface area contributed by atoms with Gasteiger partial charge in [-0.05, 0) is 24.7 Å². The highest BCUT2D eigenvalue weighted by molar-refractivity contribution is 7.90. The molecule has 17 heavy (non-hydrogen) atoms. The zero-order valence-electron chi connectivity index (χ0n) is 10.7. The summed E-state index contributed by atoms with van der Waals surface area (Å²) in [6, 6.07) is -0.602. The van der Waals surface area contributed by atoms with Crippen molar-refractivity contribution in [3.8, 4) is 0 Å². The van der Waals surface area contributed by atoms with E-state index in [0.717, 1.165) is 0 Å². The molecule has 6 heteroatoms. The van der Waals surface area contributed by atoms with Crippen LogP contribution in [-0.4, -0.2) is 42.6 Å². The maximum absolute atomic E-state index is 11.7. The molecule has 5 nitrogen and oxygen atoms in total. The quantitative estimate of drug-likeness (QED) is 0.641. The smallest absolute Gasteiger partial charge is 0.214 e. The molecule has 0 spiro atoms. The maximum atomic E-state index is 11.7. The summed E-state index contributed by atoms with van der Waals surface area (Å²) < 4.78 is 25.8. The van der Waals surface area contributed by atoms with Gasteiger partial charge in [-0.1, -0.05) is 20.8 Å². The minimum absolute atomic E-state index is 0.228. The van der Waals surface area contributed by atoms with Gasteiger partial charge >= 0.3 is 0 Å². The topological polar surface area (TPSA) is 86.6 Å². The molecule has 0 radical (unpaired) electrons. The van der Waals surface area contributed by atoms with Crippen molar-refractivity contribution in [2.24, 2.45) is 5.41 Å². The molecule has 0 amide bonds. The number of rotatable bonds is 6. The lowest BCUT2D eigenvalue weighted by atomic mass is 9.86. The molecule has 0 saturated heterocycles. The Bertz CT molecular complexity index is 343. The van der Waals surface area contributed by atoms with Crippen molar-refractivity contribution in [3.63, 3.8) is 0 Å². The second kappa shape index (κ2) is 5.22. The third-order valence-corrected chi connectivity index (χ3v) is 5.03. The monoisotopic (exact) mass is 265 g/mol. The standard InChI is InChI=1S/C11H23NO4S/c1-11(2,3)10(14)6-8(7-13)12-17(15,16)9-4-5-9/h8-10,12-14H,4-7H2,1-3H3/t8-,10+/m0/s1. The van der Waals surface area contributed by atoms with Crippen LogP contribution in [0.25, 0.3) is 0 Å². The van der Waals surface area contributed by atoms with Gasteiger partial charge in [-0.3, -0.25) is 0 Å².